The summed E-state index contributed by atoms with van der Waals surface area (Å²) in [5.41, 5.74) is 4.30. The molecule has 4 nitrogen and oxygen atoms in total. The monoisotopic (exact) mass is 484 g/mol. The molecule has 3 unspecified atom stereocenters. The Morgan fingerprint density at radius 1 is 1.38 bits per heavy atom. The van der Waals surface area contributed by atoms with Crippen molar-refractivity contribution in [3.8, 4) is 0 Å². The van der Waals surface area contributed by atoms with Crippen molar-refractivity contribution in [2.75, 3.05) is 20.6 Å². The van der Waals surface area contributed by atoms with Crippen LogP contribution in [0.2, 0.25) is 5.02 Å². The third-order valence-electron chi connectivity index (χ3n) is 5.74. The van der Waals surface area contributed by atoms with Gasteiger partial charge in [-0.05, 0) is 41.4 Å². The molecule has 4 rings (SSSR count). The van der Waals surface area contributed by atoms with Gasteiger partial charge in [-0.2, -0.15) is 0 Å². The topological polar surface area (TPSA) is 32.6 Å². The average molecular weight is 485 g/mol. The number of fused-ring (bicyclic) bond motifs is 3. The largest absolute Gasteiger partial charge is 0.356 e. The van der Waals surface area contributed by atoms with Crippen LogP contribution in [0.4, 0.5) is 0 Å². The predicted molar refractivity (Wildman–Crippen MR) is 119 cm³/mol. The molecule has 1 aromatic heterocycles. The molecule has 26 heavy (non-hydrogen) atoms. The molecule has 1 saturated carbocycles. The van der Waals surface area contributed by atoms with Gasteiger partial charge in [0.1, 0.15) is 0 Å². The molecule has 0 bridgehead atoms. The number of hydrogen-bond donors (Lipinski definition) is 1. The maximum Gasteiger partial charge on any atom is 0.193 e. The second kappa shape index (κ2) is 7.80. The number of hydrogen-bond acceptors (Lipinski definition) is 1. The van der Waals surface area contributed by atoms with E-state index >= 15 is 0 Å². The normalized spacial score (nSPS) is 23.1. The van der Waals surface area contributed by atoms with E-state index in [-0.39, 0.29) is 24.0 Å². The summed E-state index contributed by atoms with van der Waals surface area (Å²) in [6, 6.07) is 10.9. The molecule has 1 N–H and O–H groups in total. The molecule has 0 spiro atoms. The number of aliphatic imine (C=N–C) groups is 1. The second-order valence-electron chi connectivity index (χ2n) is 7.30. The van der Waals surface area contributed by atoms with Crippen molar-refractivity contribution < 1.29 is 0 Å². The van der Waals surface area contributed by atoms with E-state index in [9.17, 15) is 0 Å². The fourth-order valence-electron chi connectivity index (χ4n) is 4.40. The zero-order chi connectivity index (χ0) is 17.6. The van der Waals surface area contributed by atoms with Crippen molar-refractivity contribution in [1.29, 1.82) is 0 Å². The first-order valence-corrected chi connectivity index (χ1v) is 9.26. The van der Waals surface area contributed by atoms with Gasteiger partial charge < -0.3 is 14.8 Å². The highest BCUT2D eigenvalue weighted by Gasteiger charge is 2.54. The predicted octanol–water partition coefficient (Wildman–Crippen LogP) is 3.89. The average Bonchev–Trinajstić information content (AvgIpc) is 2.95. The lowest BCUT2D eigenvalue weighted by Gasteiger charge is -2.22. The van der Waals surface area contributed by atoms with Crippen LogP contribution in [0.25, 0.3) is 0 Å². The standard InChI is InChI=1S/C20H25ClN4.HI/c1-22-20(25(3)12-15-9-14(21)11-24(15)2)23-10-18-17-8-13-6-4-5-7-16(13)19(17)18;/h4-7,9,11,17-19H,8,10,12H2,1-3H3,(H,22,23);1H. The number of aromatic nitrogens is 1. The quantitative estimate of drug-likeness (QED) is 0.406. The summed E-state index contributed by atoms with van der Waals surface area (Å²) >= 11 is 6.08. The number of nitrogens with one attached hydrogen (secondary N) is 1. The minimum absolute atomic E-state index is 0. The van der Waals surface area contributed by atoms with Gasteiger partial charge in [0.25, 0.3) is 0 Å². The van der Waals surface area contributed by atoms with Crippen LogP contribution in [-0.4, -0.2) is 36.1 Å². The zero-order valence-electron chi connectivity index (χ0n) is 15.4. The smallest absolute Gasteiger partial charge is 0.193 e. The van der Waals surface area contributed by atoms with E-state index in [2.05, 4.69) is 51.1 Å². The van der Waals surface area contributed by atoms with Gasteiger partial charge >= 0.3 is 0 Å². The van der Waals surface area contributed by atoms with Crippen LogP contribution in [-0.2, 0) is 20.0 Å². The maximum absolute atomic E-state index is 6.08. The van der Waals surface area contributed by atoms with Crippen molar-refractivity contribution >= 4 is 41.5 Å². The molecular weight excluding hydrogens is 459 g/mol. The minimum Gasteiger partial charge on any atom is -0.356 e. The van der Waals surface area contributed by atoms with Crippen molar-refractivity contribution in [2.45, 2.75) is 18.9 Å². The molecule has 1 aromatic carbocycles. The molecule has 0 aliphatic heterocycles. The molecule has 1 fully saturated rings. The van der Waals surface area contributed by atoms with E-state index in [1.807, 2.05) is 26.4 Å². The summed E-state index contributed by atoms with van der Waals surface area (Å²) in [6.45, 7) is 1.78. The van der Waals surface area contributed by atoms with Crippen molar-refractivity contribution in [3.05, 3.63) is 58.4 Å². The highest BCUT2D eigenvalue weighted by Crippen LogP contribution is 2.60. The highest BCUT2D eigenvalue weighted by molar-refractivity contribution is 14.0. The molecule has 6 heteroatoms. The summed E-state index contributed by atoms with van der Waals surface area (Å²) in [6.07, 6.45) is 3.17. The van der Waals surface area contributed by atoms with Gasteiger partial charge in [-0.1, -0.05) is 35.9 Å². The first kappa shape index (κ1) is 19.5. The number of guanidine groups is 1. The lowest BCUT2D eigenvalue weighted by Crippen LogP contribution is -2.40. The van der Waals surface area contributed by atoms with Crippen LogP contribution >= 0.6 is 35.6 Å². The Morgan fingerprint density at radius 3 is 2.85 bits per heavy atom. The maximum atomic E-state index is 6.08. The van der Waals surface area contributed by atoms with E-state index < -0.39 is 0 Å². The van der Waals surface area contributed by atoms with Crippen LogP contribution < -0.4 is 5.32 Å². The Morgan fingerprint density at radius 2 is 2.15 bits per heavy atom. The van der Waals surface area contributed by atoms with Gasteiger partial charge in [0.15, 0.2) is 5.96 Å². The van der Waals surface area contributed by atoms with Crippen LogP contribution in [0.15, 0.2) is 41.5 Å². The van der Waals surface area contributed by atoms with Gasteiger partial charge in [0.2, 0.25) is 0 Å². The van der Waals surface area contributed by atoms with E-state index in [0.29, 0.717) is 0 Å². The first-order chi connectivity index (χ1) is 12.1. The van der Waals surface area contributed by atoms with E-state index in [4.69, 9.17) is 11.6 Å². The van der Waals surface area contributed by atoms with Crippen molar-refractivity contribution in [2.24, 2.45) is 23.9 Å². The fraction of sp³-hybridized carbons (Fsp3) is 0.450. The molecule has 0 radical (unpaired) electrons. The molecule has 140 valence electrons. The van der Waals surface area contributed by atoms with Gasteiger partial charge in [0.05, 0.1) is 11.6 Å². The van der Waals surface area contributed by atoms with Crippen LogP contribution in [0, 0.1) is 11.8 Å². The summed E-state index contributed by atoms with van der Waals surface area (Å²) in [4.78, 5) is 6.60. The highest BCUT2D eigenvalue weighted by atomic mass is 127. The summed E-state index contributed by atoms with van der Waals surface area (Å²) < 4.78 is 2.06. The summed E-state index contributed by atoms with van der Waals surface area (Å²) in [5, 5.41) is 4.35. The van der Waals surface area contributed by atoms with Crippen LogP contribution in [0.5, 0.6) is 0 Å². The van der Waals surface area contributed by atoms with Gasteiger partial charge in [-0.15, -0.1) is 24.0 Å². The van der Waals surface area contributed by atoms with E-state index in [1.165, 1.54) is 12.1 Å². The molecule has 2 aliphatic rings. The van der Waals surface area contributed by atoms with Crippen LogP contribution in [0.3, 0.4) is 0 Å². The molecule has 2 aromatic rings. The molecule has 0 amide bonds. The molecule has 2 aliphatic carbocycles. The van der Waals surface area contributed by atoms with E-state index in [0.717, 1.165) is 41.8 Å². The Kier molecular flexibility index (Phi) is 5.87. The van der Waals surface area contributed by atoms with E-state index in [1.54, 1.807) is 11.1 Å². The first-order valence-electron chi connectivity index (χ1n) is 8.89. The van der Waals surface area contributed by atoms with Gasteiger partial charge in [0, 0.05) is 39.6 Å². The SMILES string of the molecule is CN=C(NCC1C2Cc3ccccc3C12)N(C)Cc1cc(Cl)cn1C.I. The number of benzene rings is 1. The minimum atomic E-state index is 0. The Labute approximate surface area is 177 Å². The molecule has 3 atom stereocenters. The third kappa shape index (κ3) is 3.60. The van der Waals surface area contributed by atoms with Crippen LogP contribution in [0.1, 0.15) is 22.7 Å². The number of halogens is 2. The van der Waals surface area contributed by atoms with Crippen molar-refractivity contribution in [1.82, 2.24) is 14.8 Å². The Bertz CT molecular complexity index is 816. The molecule has 0 saturated heterocycles. The zero-order valence-corrected chi connectivity index (χ0v) is 18.5. The Balaban J connectivity index is 0.00000196. The summed E-state index contributed by atoms with van der Waals surface area (Å²) in [7, 11) is 5.94. The van der Waals surface area contributed by atoms with Gasteiger partial charge in [-0.25, -0.2) is 0 Å². The third-order valence-corrected chi connectivity index (χ3v) is 5.95. The number of rotatable bonds is 4. The summed E-state index contributed by atoms with van der Waals surface area (Å²) in [5.74, 6) is 3.25. The molecule has 1 heterocycles. The Hall–Kier alpha value is -1.21. The molecular formula is C20H26ClIN4. The second-order valence-corrected chi connectivity index (χ2v) is 7.74. The van der Waals surface area contributed by atoms with Gasteiger partial charge in [-0.3, -0.25) is 4.99 Å². The number of aryl methyl sites for hydroxylation is 1. The lowest BCUT2D eigenvalue weighted by atomic mass is 10.0. The van der Waals surface area contributed by atoms with Crippen molar-refractivity contribution in [3.63, 3.8) is 0 Å². The number of nitrogens with zero attached hydrogens (tertiary/aromatic N) is 3. The fourth-order valence-corrected chi connectivity index (χ4v) is 4.67. The lowest BCUT2D eigenvalue weighted by molar-refractivity contribution is 0.458.